The second-order valence-electron chi connectivity index (χ2n) is 5.91. The number of sulfonamides is 1. The molecule has 0 atom stereocenters. The van der Waals surface area contributed by atoms with Crippen molar-refractivity contribution in [1.82, 2.24) is 4.31 Å². The zero-order chi connectivity index (χ0) is 20.7. The quantitative estimate of drug-likeness (QED) is 0.641. The molecule has 1 N–H and O–H groups in total. The molecule has 0 saturated heterocycles. The fourth-order valence-corrected chi connectivity index (χ4v) is 3.22. The Hall–Kier alpha value is -2.91. The summed E-state index contributed by atoms with van der Waals surface area (Å²) in [6, 6.07) is 10.6. The van der Waals surface area contributed by atoms with E-state index in [0.29, 0.717) is 35.6 Å². The highest BCUT2D eigenvalue weighted by atomic mass is 32.2. The first-order chi connectivity index (χ1) is 13.3. The summed E-state index contributed by atoms with van der Waals surface area (Å²) in [6.07, 6.45) is 0.688. The molecule has 0 aliphatic carbocycles. The number of nitrogens with one attached hydrogen (secondary N) is 1. The van der Waals surface area contributed by atoms with Crippen molar-refractivity contribution in [1.29, 1.82) is 0 Å². The lowest BCUT2D eigenvalue weighted by Crippen LogP contribution is -2.23. The van der Waals surface area contributed by atoms with Crippen LogP contribution in [0.4, 0.5) is 5.69 Å². The van der Waals surface area contributed by atoms with Crippen LogP contribution in [-0.4, -0.2) is 52.2 Å². The number of hydrogen-bond donors (Lipinski definition) is 1. The van der Waals surface area contributed by atoms with Gasteiger partial charge in [0.05, 0.1) is 11.5 Å². The molecule has 0 unspecified atom stereocenters. The zero-order valence-electron chi connectivity index (χ0n) is 15.8. The summed E-state index contributed by atoms with van der Waals surface area (Å²) in [6.45, 7) is 1.85. The molecule has 0 fully saturated rings. The van der Waals surface area contributed by atoms with Crippen LogP contribution in [0.15, 0.2) is 47.4 Å². The zero-order valence-corrected chi connectivity index (χ0v) is 16.7. The van der Waals surface area contributed by atoms with E-state index in [1.165, 1.54) is 38.4 Å². The molecule has 0 radical (unpaired) electrons. The van der Waals surface area contributed by atoms with E-state index >= 15 is 0 Å². The molecule has 9 heteroatoms. The minimum atomic E-state index is -3.60. The molecule has 0 heterocycles. The van der Waals surface area contributed by atoms with Crippen LogP contribution in [0.5, 0.6) is 11.5 Å². The Kier molecular flexibility index (Phi) is 7.13. The second kappa shape index (κ2) is 9.34. The van der Waals surface area contributed by atoms with Crippen molar-refractivity contribution in [3.05, 3.63) is 48.0 Å². The van der Waals surface area contributed by atoms with Crippen molar-refractivity contribution in [3.8, 4) is 11.5 Å². The van der Waals surface area contributed by atoms with Crippen LogP contribution in [0, 0.1) is 0 Å². The number of aldehydes is 1. The molecule has 0 saturated carbocycles. The van der Waals surface area contributed by atoms with Gasteiger partial charge in [-0.2, -0.15) is 0 Å². The topological polar surface area (TPSA) is 102 Å². The van der Waals surface area contributed by atoms with Crippen LogP contribution in [0.1, 0.15) is 17.3 Å². The van der Waals surface area contributed by atoms with Gasteiger partial charge in [-0.1, -0.05) is 6.07 Å². The van der Waals surface area contributed by atoms with Crippen LogP contribution in [0.2, 0.25) is 0 Å². The molecule has 150 valence electrons. The molecule has 1 amide bonds. The number of benzene rings is 2. The molecular weight excluding hydrogens is 384 g/mol. The number of anilines is 1. The Morgan fingerprint density at radius 1 is 1.11 bits per heavy atom. The number of hydrogen-bond acceptors (Lipinski definition) is 6. The van der Waals surface area contributed by atoms with Gasteiger partial charge >= 0.3 is 0 Å². The SMILES string of the molecule is CCOc1cc(C=O)ccc1OCC(=O)Nc1cccc(S(=O)(=O)N(C)C)c1. The van der Waals surface area contributed by atoms with E-state index in [9.17, 15) is 18.0 Å². The van der Waals surface area contributed by atoms with E-state index < -0.39 is 15.9 Å². The lowest BCUT2D eigenvalue weighted by Gasteiger charge is -2.14. The first kappa shape index (κ1) is 21.4. The van der Waals surface area contributed by atoms with Gasteiger partial charge in [0.15, 0.2) is 18.1 Å². The second-order valence-corrected chi connectivity index (χ2v) is 8.06. The number of amides is 1. The first-order valence-corrected chi connectivity index (χ1v) is 9.89. The normalized spacial score (nSPS) is 11.1. The van der Waals surface area contributed by atoms with Gasteiger partial charge in [0.1, 0.15) is 6.29 Å². The van der Waals surface area contributed by atoms with Crippen molar-refractivity contribution in [3.63, 3.8) is 0 Å². The van der Waals surface area contributed by atoms with Gasteiger partial charge in [0.2, 0.25) is 10.0 Å². The Labute approximate surface area is 164 Å². The summed E-state index contributed by atoms with van der Waals surface area (Å²) in [4.78, 5) is 23.1. The molecule has 2 aromatic rings. The summed E-state index contributed by atoms with van der Waals surface area (Å²) in [5, 5.41) is 2.59. The van der Waals surface area contributed by atoms with E-state index in [0.717, 1.165) is 4.31 Å². The number of rotatable bonds is 9. The Morgan fingerprint density at radius 2 is 1.86 bits per heavy atom. The van der Waals surface area contributed by atoms with E-state index in [1.807, 2.05) is 0 Å². The van der Waals surface area contributed by atoms with Crippen LogP contribution in [-0.2, 0) is 14.8 Å². The van der Waals surface area contributed by atoms with Crippen molar-refractivity contribution in [2.75, 3.05) is 32.6 Å². The van der Waals surface area contributed by atoms with Gasteiger partial charge in [0.25, 0.3) is 5.91 Å². The summed E-state index contributed by atoms with van der Waals surface area (Å²) in [7, 11) is -0.742. The maximum absolute atomic E-state index is 12.2. The van der Waals surface area contributed by atoms with Crippen molar-refractivity contribution >= 4 is 27.9 Å². The van der Waals surface area contributed by atoms with E-state index in [2.05, 4.69) is 5.32 Å². The Morgan fingerprint density at radius 3 is 2.50 bits per heavy atom. The van der Waals surface area contributed by atoms with Gasteiger partial charge in [-0.25, -0.2) is 12.7 Å². The molecule has 2 rings (SSSR count). The summed E-state index contributed by atoms with van der Waals surface area (Å²) >= 11 is 0. The first-order valence-electron chi connectivity index (χ1n) is 8.45. The number of nitrogens with zero attached hydrogens (tertiary/aromatic N) is 1. The largest absolute Gasteiger partial charge is 0.490 e. The maximum atomic E-state index is 12.2. The van der Waals surface area contributed by atoms with Gasteiger partial charge in [0, 0.05) is 25.3 Å². The molecule has 0 aliphatic rings. The summed E-state index contributed by atoms with van der Waals surface area (Å²) in [5.74, 6) is 0.215. The summed E-state index contributed by atoms with van der Waals surface area (Å²) in [5.41, 5.74) is 0.761. The van der Waals surface area contributed by atoms with E-state index in [1.54, 1.807) is 25.1 Å². The molecule has 0 aromatic heterocycles. The van der Waals surface area contributed by atoms with Crippen LogP contribution in [0.3, 0.4) is 0 Å². The lowest BCUT2D eigenvalue weighted by molar-refractivity contribution is -0.118. The average molecular weight is 406 g/mol. The average Bonchev–Trinajstić information content (AvgIpc) is 2.67. The van der Waals surface area contributed by atoms with Gasteiger partial charge < -0.3 is 14.8 Å². The maximum Gasteiger partial charge on any atom is 0.262 e. The van der Waals surface area contributed by atoms with E-state index in [-0.39, 0.29) is 11.5 Å². The highest BCUT2D eigenvalue weighted by Gasteiger charge is 2.17. The molecule has 8 nitrogen and oxygen atoms in total. The highest BCUT2D eigenvalue weighted by Crippen LogP contribution is 2.28. The number of ether oxygens (including phenoxy) is 2. The monoisotopic (exact) mass is 406 g/mol. The molecule has 0 spiro atoms. The number of carbonyl (C=O) groups is 2. The molecule has 2 aromatic carbocycles. The molecule has 0 bridgehead atoms. The third-order valence-corrected chi connectivity index (χ3v) is 5.47. The number of carbonyl (C=O) groups excluding carboxylic acids is 2. The predicted molar refractivity (Wildman–Crippen MR) is 104 cm³/mol. The lowest BCUT2D eigenvalue weighted by atomic mass is 10.2. The molecule has 0 aliphatic heterocycles. The van der Waals surface area contributed by atoms with Crippen LogP contribution < -0.4 is 14.8 Å². The minimum Gasteiger partial charge on any atom is -0.490 e. The third-order valence-electron chi connectivity index (χ3n) is 3.66. The summed E-state index contributed by atoms with van der Waals surface area (Å²) < 4.78 is 36.4. The highest BCUT2D eigenvalue weighted by molar-refractivity contribution is 7.89. The Bertz CT molecular complexity index is 957. The van der Waals surface area contributed by atoms with Crippen LogP contribution in [0.25, 0.3) is 0 Å². The Balaban J connectivity index is 2.07. The van der Waals surface area contributed by atoms with Gasteiger partial charge in [-0.05, 0) is 43.3 Å². The smallest absolute Gasteiger partial charge is 0.262 e. The fourth-order valence-electron chi connectivity index (χ4n) is 2.27. The fraction of sp³-hybridized carbons (Fsp3) is 0.263. The van der Waals surface area contributed by atoms with Crippen molar-refractivity contribution < 1.29 is 27.5 Å². The van der Waals surface area contributed by atoms with Crippen LogP contribution >= 0.6 is 0 Å². The van der Waals surface area contributed by atoms with E-state index in [4.69, 9.17) is 9.47 Å². The minimum absolute atomic E-state index is 0.0688. The van der Waals surface area contributed by atoms with Crippen molar-refractivity contribution in [2.45, 2.75) is 11.8 Å². The van der Waals surface area contributed by atoms with Gasteiger partial charge in [-0.3, -0.25) is 9.59 Å². The van der Waals surface area contributed by atoms with Gasteiger partial charge in [-0.15, -0.1) is 0 Å². The predicted octanol–water partition coefficient (Wildman–Crippen LogP) is 2.17. The third kappa shape index (κ3) is 5.30. The molecule has 28 heavy (non-hydrogen) atoms. The molecular formula is C19H22N2O6S. The van der Waals surface area contributed by atoms with Crippen molar-refractivity contribution in [2.24, 2.45) is 0 Å². The standard InChI is InChI=1S/C19H22N2O6S/c1-4-26-18-10-14(12-22)8-9-17(18)27-13-19(23)20-15-6-5-7-16(11-15)28(24,25)21(2)3/h5-12H,4,13H2,1-3H3,(H,20,23).